The molecule has 2 heterocycles. The first kappa shape index (κ1) is 18.0. The number of nitrogens with one attached hydrogen (secondary N) is 1. The van der Waals surface area contributed by atoms with Gasteiger partial charge in [-0.3, -0.25) is 9.69 Å². The van der Waals surface area contributed by atoms with E-state index in [1.165, 1.54) is 18.4 Å². The number of fused-ring (bicyclic) bond motifs is 1. The van der Waals surface area contributed by atoms with Crippen LogP contribution in [0.25, 0.3) is 0 Å². The molecule has 2 saturated heterocycles. The molecule has 1 aromatic rings. The van der Waals surface area contributed by atoms with Crippen LogP contribution >= 0.6 is 15.9 Å². The maximum atomic E-state index is 12.6. The van der Waals surface area contributed by atoms with Crippen LogP contribution in [0.15, 0.2) is 16.6 Å². The SMILES string of the molecule is COc1cc2c(cc1Br)CC1N(CC3CC3)CCC23CC(=O)NCCC13O. The lowest BCUT2D eigenvalue weighted by atomic mass is 9.52. The van der Waals surface area contributed by atoms with Crippen molar-refractivity contribution in [1.29, 1.82) is 0 Å². The third kappa shape index (κ3) is 2.60. The number of benzene rings is 1. The van der Waals surface area contributed by atoms with Gasteiger partial charge in [0, 0.05) is 31.0 Å². The number of likely N-dealkylation sites (tertiary alicyclic amines) is 1. The molecule has 6 heteroatoms. The highest BCUT2D eigenvalue weighted by molar-refractivity contribution is 9.10. The zero-order chi connectivity index (χ0) is 18.8. The van der Waals surface area contributed by atoms with Crippen LogP contribution in [0.1, 0.15) is 43.2 Å². The second-order valence-corrected chi connectivity index (χ2v) is 9.69. The molecule has 4 aliphatic rings. The van der Waals surface area contributed by atoms with Crippen molar-refractivity contribution < 1.29 is 14.6 Å². The molecule has 2 bridgehead atoms. The number of carbonyl (C=O) groups excluding carboxylic acids is 1. The summed E-state index contributed by atoms with van der Waals surface area (Å²) in [5.74, 6) is 1.61. The van der Waals surface area contributed by atoms with Gasteiger partial charge in [-0.05, 0) is 83.8 Å². The molecular formula is C21H27BrN2O3. The van der Waals surface area contributed by atoms with Gasteiger partial charge in [0.05, 0.1) is 17.2 Å². The molecule has 2 N–H and O–H groups in total. The number of nitrogens with zero attached hydrogens (tertiary/aromatic N) is 1. The number of ether oxygens (including phenoxy) is 1. The monoisotopic (exact) mass is 434 g/mol. The predicted octanol–water partition coefficient (Wildman–Crippen LogP) is 2.38. The second kappa shape index (κ2) is 6.19. The number of amides is 1. The fraction of sp³-hybridized carbons (Fsp3) is 0.667. The van der Waals surface area contributed by atoms with Gasteiger partial charge in [-0.25, -0.2) is 0 Å². The van der Waals surface area contributed by atoms with Crippen molar-refractivity contribution >= 4 is 21.8 Å². The fourth-order valence-corrected chi connectivity index (χ4v) is 6.44. The molecule has 3 atom stereocenters. The minimum absolute atomic E-state index is 0.0510. The van der Waals surface area contributed by atoms with E-state index in [4.69, 9.17) is 4.74 Å². The second-order valence-electron chi connectivity index (χ2n) is 8.84. The van der Waals surface area contributed by atoms with Crippen LogP contribution in [0.5, 0.6) is 5.75 Å². The Morgan fingerprint density at radius 3 is 2.93 bits per heavy atom. The highest BCUT2D eigenvalue weighted by Crippen LogP contribution is 2.57. The Hall–Kier alpha value is -1.11. The van der Waals surface area contributed by atoms with Gasteiger partial charge in [-0.2, -0.15) is 0 Å². The van der Waals surface area contributed by atoms with Crippen molar-refractivity contribution in [2.24, 2.45) is 5.92 Å². The molecule has 0 radical (unpaired) electrons. The van der Waals surface area contributed by atoms with Crippen LogP contribution < -0.4 is 10.1 Å². The molecule has 0 spiro atoms. The van der Waals surface area contributed by atoms with Crippen LogP contribution in [0, 0.1) is 5.92 Å². The normalized spacial score (nSPS) is 35.7. The van der Waals surface area contributed by atoms with Crippen molar-refractivity contribution in [2.45, 2.75) is 55.6 Å². The quantitative estimate of drug-likeness (QED) is 0.766. The van der Waals surface area contributed by atoms with Gasteiger partial charge in [0.1, 0.15) is 5.75 Å². The first-order valence-corrected chi connectivity index (χ1v) is 10.9. The van der Waals surface area contributed by atoms with Gasteiger partial charge in [0.15, 0.2) is 0 Å². The van der Waals surface area contributed by atoms with E-state index >= 15 is 0 Å². The third-order valence-electron chi connectivity index (χ3n) is 7.43. The molecule has 146 valence electrons. The lowest BCUT2D eigenvalue weighted by Gasteiger charge is -2.61. The van der Waals surface area contributed by atoms with Crippen LogP contribution in [-0.4, -0.2) is 54.3 Å². The Bertz CT molecular complexity index is 796. The fourth-order valence-electron chi connectivity index (χ4n) is 5.89. The summed E-state index contributed by atoms with van der Waals surface area (Å²) in [7, 11) is 1.67. The zero-order valence-electron chi connectivity index (χ0n) is 15.8. The molecule has 5 rings (SSSR count). The number of methoxy groups -OCH3 is 1. The van der Waals surface area contributed by atoms with Crippen LogP contribution in [0.2, 0.25) is 0 Å². The van der Waals surface area contributed by atoms with E-state index in [0.29, 0.717) is 19.4 Å². The van der Waals surface area contributed by atoms with E-state index in [1.807, 2.05) is 0 Å². The Labute approximate surface area is 168 Å². The summed E-state index contributed by atoms with van der Waals surface area (Å²) in [5, 5.41) is 15.2. The lowest BCUT2D eigenvalue weighted by Crippen LogP contribution is -2.71. The summed E-state index contributed by atoms with van der Waals surface area (Å²) in [6.07, 6.45) is 5.24. The number of aliphatic hydroxyl groups is 1. The minimum Gasteiger partial charge on any atom is -0.496 e. The standard InChI is InChI=1S/C21H27BrN2O3/c1-27-17-10-15-14(8-16(17)22)9-18-21(26)4-6-23-19(25)11-20(15,21)5-7-24(18)12-13-2-3-13/h8,10,13,18,26H,2-7,9,11-12H2,1H3,(H,23,25). The topological polar surface area (TPSA) is 61.8 Å². The number of rotatable bonds is 3. The summed E-state index contributed by atoms with van der Waals surface area (Å²) in [5.41, 5.74) is 0.947. The maximum absolute atomic E-state index is 12.6. The van der Waals surface area contributed by atoms with E-state index in [2.05, 4.69) is 38.3 Å². The van der Waals surface area contributed by atoms with E-state index in [-0.39, 0.29) is 11.9 Å². The van der Waals surface area contributed by atoms with Gasteiger partial charge in [0.25, 0.3) is 0 Å². The van der Waals surface area contributed by atoms with Crippen LogP contribution in [0.3, 0.4) is 0 Å². The number of piperidine rings is 1. The first-order chi connectivity index (χ1) is 13.0. The van der Waals surface area contributed by atoms with Crippen molar-refractivity contribution in [2.75, 3.05) is 26.7 Å². The molecule has 27 heavy (non-hydrogen) atoms. The molecule has 1 aromatic carbocycles. The van der Waals surface area contributed by atoms with Gasteiger partial charge in [0.2, 0.25) is 5.91 Å². The van der Waals surface area contributed by atoms with Crippen molar-refractivity contribution in [3.05, 3.63) is 27.7 Å². The molecule has 3 fully saturated rings. The number of hydrogen-bond acceptors (Lipinski definition) is 4. The lowest BCUT2D eigenvalue weighted by molar-refractivity contribution is -0.153. The summed E-state index contributed by atoms with van der Waals surface area (Å²) < 4.78 is 6.50. The highest BCUT2D eigenvalue weighted by Gasteiger charge is 2.64. The molecule has 3 unspecified atom stereocenters. The molecular weight excluding hydrogens is 408 g/mol. The molecule has 2 aliphatic carbocycles. The third-order valence-corrected chi connectivity index (χ3v) is 8.05. The van der Waals surface area contributed by atoms with E-state index in [0.717, 1.165) is 47.6 Å². The summed E-state index contributed by atoms with van der Waals surface area (Å²) in [4.78, 5) is 15.1. The molecule has 2 aliphatic heterocycles. The van der Waals surface area contributed by atoms with Gasteiger partial charge >= 0.3 is 0 Å². The van der Waals surface area contributed by atoms with Crippen LogP contribution in [0.4, 0.5) is 0 Å². The minimum atomic E-state index is -0.884. The average molecular weight is 435 g/mol. The predicted molar refractivity (Wildman–Crippen MR) is 106 cm³/mol. The summed E-state index contributed by atoms with van der Waals surface area (Å²) >= 11 is 3.63. The van der Waals surface area contributed by atoms with E-state index in [1.54, 1.807) is 7.11 Å². The summed E-state index contributed by atoms with van der Waals surface area (Å²) in [6.45, 7) is 2.58. The zero-order valence-corrected chi connectivity index (χ0v) is 17.3. The van der Waals surface area contributed by atoms with E-state index in [9.17, 15) is 9.90 Å². The van der Waals surface area contributed by atoms with E-state index < -0.39 is 11.0 Å². The van der Waals surface area contributed by atoms with Crippen LogP contribution in [-0.2, 0) is 16.6 Å². The Morgan fingerprint density at radius 2 is 2.19 bits per heavy atom. The smallest absolute Gasteiger partial charge is 0.221 e. The van der Waals surface area contributed by atoms with Crippen molar-refractivity contribution in [1.82, 2.24) is 10.2 Å². The maximum Gasteiger partial charge on any atom is 0.221 e. The first-order valence-electron chi connectivity index (χ1n) is 10.1. The Kier molecular flexibility index (Phi) is 4.12. The van der Waals surface area contributed by atoms with Gasteiger partial charge in [-0.15, -0.1) is 0 Å². The Morgan fingerprint density at radius 1 is 1.37 bits per heavy atom. The number of carbonyl (C=O) groups is 1. The van der Waals surface area contributed by atoms with Gasteiger partial charge < -0.3 is 15.2 Å². The molecule has 5 nitrogen and oxygen atoms in total. The highest BCUT2D eigenvalue weighted by atomic mass is 79.9. The Balaban J connectivity index is 1.68. The van der Waals surface area contributed by atoms with Gasteiger partial charge in [-0.1, -0.05) is 0 Å². The van der Waals surface area contributed by atoms with Crippen molar-refractivity contribution in [3.63, 3.8) is 0 Å². The number of hydrogen-bond donors (Lipinski definition) is 2. The number of halogens is 1. The molecule has 0 aromatic heterocycles. The largest absolute Gasteiger partial charge is 0.496 e. The summed E-state index contributed by atoms with van der Waals surface area (Å²) in [6, 6.07) is 4.29. The molecule has 1 amide bonds. The van der Waals surface area contributed by atoms with Crippen molar-refractivity contribution in [3.8, 4) is 5.75 Å². The average Bonchev–Trinajstić information content (AvgIpc) is 3.44. The molecule has 1 saturated carbocycles.